The van der Waals surface area contributed by atoms with Crippen molar-refractivity contribution in [3.05, 3.63) is 80.4 Å². The number of aromatic nitrogens is 2. The predicted octanol–water partition coefficient (Wildman–Crippen LogP) is 2.44. The number of hydrogen-bond donors (Lipinski definition) is 6. The van der Waals surface area contributed by atoms with Crippen LogP contribution in [0.2, 0.25) is 0 Å². The molecule has 30 heavy (non-hydrogen) atoms. The van der Waals surface area contributed by atoms with Crippen molar-refractivity contribution in [2.24, 2.45) is 0 Å². The van der Waals surface area contributed by atoms with Gasteiger partial charge in [0.25, 0.3) is 17.0 Å². The third kappa shape index (κ3) is 4.19. The van der Waals surface area contributed by atoms with Gasteiger partial charge in [-0.2, -0.15) is 0 Å². The van der Waals surface area contributed by atoms with E-state index in [1.807, 2.05) is 37.3 Å². The summed E-state index contributed by atoms with van der Waals surface area (Å²) in [4.78, 5) is 37.0. The maximum absolute atomic E-state index is 12.5. The molecule has 0 aliphatic heterocycles. The first-order valence-corrected chi connectivity index (χ1v) is 9.43. The summed E-state index contributed by atoms with van der Waals surface area (Å²) in [6.45, 7) is 1.96. The van der Waals surface area contributed by atoms with Gasteiger partial charge in [0, 0.05) is 7.05 Å². The summed E-state index contributed by atoms with van der Waals surface area (Å²) >= 11 is 0. The normalized spacial score (nSPS) is 11.5. The first-order valence-electron chi connectivity index (χ1n) is 9.43. The van der Waals surface area contributed by atoms with Crippen LogP contribution in [-0.4, -0.2) is 28.3 Å². The molecule has 156 valence electrons. The van der Waals surface area contributed by atoms with Gasteiger partial charge >= 0.3 is 0 Å². The molecule has 1 unspecified atom stereocenters. The molecule has 0 radical (unpaired) electrons. The topological polar surface area (TPSA) is 139 Å². The number of carbonyl (C=O) groups is 1. The molecule has 0 aliphatic rings. The minimum atomic E-state index is -0.593. The van der Waals surface area contributed by atoms with E-state index in [0.29, 0.717) is 6.42 Å². The molecule has 1 amide bonds. The Kier molecular flexibility index (Phi) is 6.21. The average Bonchev–Trinajstić information content (AvgIpc) is 2.77. The minimum absolute atomic E-state index is 0.0270. The van der Waals surface area contributed by atoms with Crippen LogP contribution in [0.4, 0.5) is 17.1 Å². The predicted molar refractivity (Wildman–Crippen MR) is 116 cm³/mol. The number of phenolic OH excluding ortho intramolecular Hbond substituents is 1. The maximum Gasteiger partial charge on any atom is 0.288 e. The molecule has 1 aromatic heterocycles. The number of carbonyl (C=O) groups excluding carboxylic acids is 1. The van der Waals surface area contributed by atoms with E-state index in [9.17, 15) is 19.5 Å². The fourth-order valence-electron chi connectivity index (χ4n) is 3.10. The zero-order valence-electron chi connectivity index (χ0n) is 16.6. The van der Waals surface area contributed by atoms with E-state index in [-0.39, 0.29) is 34.4 Å². The molecular weight excluding hydrogens is 386 g/mol. The smallest absolute Gasteiger partial charge is 0.288 e. The number of H-pyrrole nitrogens is 2. The number of aromatic amines is 2. The SMILES string of the molecule is CCC(Nc1c(Nc2cccc(C(=O)NC)c2O)c(=O)[nH][nH]c1=O)c1ccccc1. The van der Waals surface area contributed by atoms with Crippen molar-refractivity contribution in [1.82, 2.24) is 15.5 Å². The number of aromatic hydroxyl groups is 1. The molecule has 6 N–H and O–H groups in total. The van der Waals surface area contributed by atoms with Gasteiger partial charge in [0.2, 0.25) is 0 Å². The molecule has 3 aromatic rings. The number of rotatable bonds is 7. The van der Waals surface area contributed by atoms with Crippen molar-refractivity contribution >= 4 is 23.0 Å². The van der Waals surface area contributed by atoms with Crippen molar-refractivity contribution in [2.45, 2.75) is 19.4 Å². The second kappa shape index (κ2) is 8.99. The van der Waals surface area contributed by atoms with Crippen molar-refractivity contribution in [1.29, 1.82) is 0 Å². The van der Waals surface area contributed by atoms with Crippen LogP contribution in [0.15, 0.2) is 58.1 Å². The molecule has 0 spiro atoms. The van der Waals surface area contributed by atoms with Gasteiger partial charge in [-0.15, -0.1) is 0 Å². The summed E-state index contributed by atoms with van der Waals surface area (Å²) in [6.07, 6.45) is 0.660. The van der Waals surface area contributed by atoms with E-state index in [2.05, 4.69) is 26.1 Å². The van der Waals surface area contributed by atoms with Gasteiger partial charge in [0.1, 0.15) is 11.4 Å². The largest absolute Gasteiger partial charge is 0.505 e. The zero-order chi connectivity index (χ0) is 21.7. The van der Waals surface area contributed by atoms with E-state index >= 15 is 0 Å². The Morgan fingerprint density at radius 2 is 1.67 bits per heavy atom. The second-order valence-corrected chi connectivity index (χ2v) is 6.58. The summed E-state index contributed by atoms with van der Waals surface area (Å²) in [5.41, 5.74) is -0.0676. The standard InChI is InChI=1S/C21H23N5O4/c1-3-14(12-8-5-4-6-9-12)23-16-17(21(30)26-25-20(16)29)24-15-11-7-10-13(18(15)27)19(28)22-2/h4-11,14,27H,3H2,1-2H3,(H,22,28)(H2,23,26,30)(H2,24,25,29). The first-order chi connectivity index (χ1) is 14.5. The zero-order valence-corrected chi connectivity index (χ0v) is 16.6. The highest BCUT2D eigenvalue weighted by Crippen LogP contribution is 2.31. The molecule has 0 bridgehead atoms. The van der Waals surface area contributed by atoms with Crippen LogP contribution in [-0.2, 0) is 0 Å². The molecule has 1 heterocycles. The van der Waals surface area contributed by atoms with Crippen molar-refractivity contribution in [3.8, 4) is 5.75 Å². The number of phenols is 1. The van der Waals surface area contributed by atoms with E-state index in [1.54, 1.807) is 6.07 Å². The highest BCUT2D eigenvalue weighted by Gasteiger charge is 2.19. The Labute approximate surface area is 172 Å². The van der Waals surface area contributed by atoms with Crippen LogP contribution < -0.4 is 27.1 Å². The average molecular weight is 409 g/mol. The number of para-hydroxylation sites is 1. The highest BCUT2D eigenvalue weighted by molar-refractivity contribution is 5.99. The number of nitrogens with one attached hydrogen (secondary N) is 5. The van der Waals surface area contributed by atoms with Gasteiger partial charge in [-0.25, -0.2) is 0 Å². The van der Waals surface area contributed by atoms with Crippen LogP contribution in [0.3, 0.4) is 0 Å². The Balaban J connectivity index is 2.03. The Morgan fingerprint density at radius 1 is 1.00 bits per heavy atom. The molecule has 0 fully saturated rings. The van der Waals surface area contributed by atoms with E-state index < -0.39 is 17.0 Å². The molecule has 0 saturated carbocycles. The second-order valence-electron chi connectivity index (χ2n) is 6.58. The van der Waals surface area contributed by atoms with Crippen LogP contribution in [0.1, 0.15) is 35.3 Å². The number of anilines is 3. The summed E-state index contributed by atoms with van der Waals surface area (Å²) in [5.74, 6) is -0.818. The lowest BCUT2D eigenvalue weighted by molar-refractivity contribution is 0.0960. The van der Waals surface area contributed by atoms with Gasteiger partial charge in [-0.1, -0.05) is 43.3 Å². The lowest BCUT2D eigenvalue weighted by Crippen LogP contribution is -2.27. The number of amides is 1. The lowest BCUT2D eigenvalue weighted by atomic mass is 10.0. The van der Waals surface area contributed by atoms with Crippen molar-refractivity contribution in [3.63, 3.8) is 0 Å². The van der Waals surface area contributed by atoms with E-state index in [1.165, 1.54) is 19.2 Å². The molecule has 1 atom stereocenters. The monoisotopic (exact) mass is 409 g/mol. The lowest BCUT2D eigenvalue weighted by Gasteiger charge is -2.20. The third-order valence-corrected chi connectivity index (χ3v) is 4.69. The van der Waals surface area contributed by atoms with Crippen molar-refractivity contribution in [2.75, 3.05) is 17.7 Å². The van der Waals surface area contributed by atoms with Crippen LogP contribution in [0.25, 0.3) is 0 Å². The van der Waals surface area contributed by atoms with Gasteiger partial charge in [0.15, 0.2) is 5.75 Å². The van der Waals surface area contributed by atoms with Gasteiger partial charge < -0.3 is 21.1 Å². The van der Waals surface area contributed by atoms with Gasteiger partial charge in [0.05, 0.1) is 17.3 Å². The molecule has 9 heteroatoms. The third-order valence-electron chi connectivity index (χ3n) is 4.69. The molecule has 2 aromatic carbocycles. The van der Waals surface area contributed by atoms with Gasteiger partial charge in [-0.05, 0) is 24.1 Å². The summed E-state index contributed by atoms with van der Waals surface area (Å²) in [7, 11) is 1.44. The number of benzene rings is 2. The Hall–Kier alpha value is -4.01. The summed E-state index contributed by atoms with van der Waals surface area (Å²) < 4.78 is 0. The van der Waals surface area contributed by atoms with E-state index in [0.717, 1.165) is 5.56 Å². The van der Waals surface area contributed by atoms with Crippen LogP contribution in [0.5, 0.6) is 5.75 Å². The van der Waals surface area contributed by atoms with Crippen LogP contribution in [0, 0.1) is 0 Å². The van der Waals surface area contributed by atoms with Crippen molar-refractivity contribution < 1.29 is 9.90 Å². The fraction of sp³-hybridized carbons (Fsp3) is 0.190. The van der Waals surface area contributed by atoms with E-state index in [4.69, 9.17) is 0 Å². The summed E-state index contributed by atoms with van der Waals surface area (Å²) in [5, 5.41) is 23.4. The Morgan fingerprint density at radius 3 is 2.30 bits per heavy atom. The molecule has 3 rings (SSSR count). The minimum Gasteiger partial charge on any atom is -0.505 e. The first kappa shape index (κ1) is 20.7. The quantitative estimate of drug-likeness (QED) is 0.331. The molecule has 9 nitrogen and oxygen atoms in total. The maximum atomic E-state index is 12.5. The summed E-state index contributed by atoms with van der Waals surface area (Å²) in [6, 6.07) is 13.8. The fourth-order valence-corrected chi connectivity index (χ4v) is 3.10. The van der Waals surface area contributed by atoms with Gasteiger partial charge in [-0.3, -0.25) is 24.6 Å². The molecule has 0 saturated heterocycles. The Bertz CT molecular complexity index is 1150. The molecular formula is C21H23N5O4. The number of hydrogen-bond acceptors (Lipinski definition) is 6. The molecule has 0 aliphatic carbocycles. The van der Waals surface area contributed by atoms with Crippen LogP contribution >= 0.6 is 0 Å². The highest BCUT2D eigenvalue weighted by atomic mass is 16.3.